The summed E-state index contributed by atoms with van der Waals surface area (Å²) in [6.07, 6.45) is 0. The fourth-order valence-electron chi connectivity index (χ4n) is 0.864. The molecular weight excluding hydrogens is 317 g/mol. The molecule has 0 saturated carbocycles. The summed E-state index contributed by atoms with van der Waals surface area (Å²) in [7, 11) is 0. The van der Waals surface area contributed by atoms with Crippen LogP contribution in [0.3, 0.4) is 0 Å². The van der Waals surface area contributed by atoms with Crippen LogP contribution in [0.5, 0.6) is 0 Å². The lowest BCUT2D eigenvalue weighted by Gasteiger charge is -2.07. The molecule has 0 radical (unpaired) electrons. The zero-order valence-corrected chi connectivity index (χ0v) is 9.89. The first-order valence-electron chi connectivity index (χ1n) is 3.32. The van der Waals surface area contributed by atoms with Gasteiger partial charge < -0.3 is 5.73 Å². The van der Waals surface area contributed by atoms with Crippen LogP contribution in [0.4, 0.5) is 0 Å². The standard InChI is InChI=1S/C8H9BrIN/c1-5(11)7-4-6(9)2-3-8(7)10/h2-5H,11H2,1H3. The fraction of sp³-hybridized carbons (Fsp3) is 0.250. The van der Waals surface area contributed by atoms with Gasteiger partial charge in [0.25, 0.3) is 0 Å². The first-order valence-corrected chi connectivity index (χ1v) is 5.19. The highest BCUT2D eigenvalue weighted by atomic mass is 127. The molecule has 1 aromatic rings. The van der Waals surface area contributed by atoms with Crippen molar-refractivity contribution in [1.82, 2.24) is 0 Å². The van der Waals surface area contributed by atoms with E-state index in [1.807, 2.05) is 13.0 Å². The predicted molar refractivity (Wildman–Crippen MR) is 59.5 cm³/mol. The van der Waals surface area contributed by atoms with Crippen molar-refractivity contribution in [3.8, 4) is 0 Å². The first-order chi connectivity index (χ1) is 5.11. The minimum absolute atomic E-state index is 0.111. The Morgan fingerprint density at radius 1 is 1.55 bits per heavy atom. The summed E-state index contributed by atoms with van der Waals surface area (Å²) in [5.74, 6) is 0. The molecule has 0 aliphatic heterocycles. The maximum Gasteiger partial charge on any atom is 0.0277 e. The summed E-state index contributed by atoms with van der Waals surface area (Å²) in [4.78, 5) is 0. The van der Waals surface area contributed by atoms with Gasteiger partial charge in [-0.3, -0.25) is 0 Å². The zero-order chi connectivity index (χ0) is 8.43. The van der Waals surface area contributed by atoms with Crippen molar-refractivity contribution in [3.63, 3.8) is 0 Å². The van der Waals surface area contributed by atoms with Crippen molar-refractivity contribution in [2.24, 2.45) is 5.73 Å². The molecule has 0 bridgehead atoms. The van der Waals surface area contributed by atoms with Crippen LogP contribution in [0.15, 0.2) is 22.7 Å². The monoisotopic (exact) mass is 325 g/mol. The van der Waals surface area contributed by atoms with Crippen molar-refractivity contribution in [2.75, 3.05) is 0 Å². The molecule has 2 N–H and O–H groups in total. The number of hydrogen-bond acceptors (Lipinski definition) is 1. The molecular formula is C8H9BrIN. The van der Waals surface area contributed by atoms with Crippen LogP contribution in [0, 0.1) is 3.57 Å². The molecule has 1 rings (SSSR count). The third kappa shape index (κ3) is 2.42. The van der Waals surface area contributed by atoms with Gasteiger partial charge in [-0.25, -0.2) is 0 Å². The molecule has 1 atom stereocenters. The lowest BCUT2D eigenvalue weighted by atomic mass is 10.1. The van der Waals surface area contributed by atoms with Gasteiger partial charge in [0.15, 0.2) is 0 Å². The number of rotatable bonds is 1. The summed E-state index contributed by atoms with van der Waals surface area (Å²) in [5.41, 5.74) is 6.95. The fourth-order valence-corrected chi connectivity index (χ4v) is 2.07. The van der Waals surface area contributed by atoms with Crippen LogP contribution in [0.2, 0.25) is 0 Å². The lowest BCUT2D eigenvalue weighted by molar-refractivity contribution is 0.812. The van der Waals surface area contributed by atoms with Gasteiger partial charge in [0, 0.05) is 14.1 Å². The van der Waals surface area contributed by atoms with Crippen LogP contribution < -0.4 is 5.73 Å². The second-order valence-corrected chi connectivity index (χ2v) is 4.53. The van der Waals surface area contributed by atoms with Gasteiger partial charge in [-0.15, -0.1) is 0 Å². The van der Waals surface area contributed by atoms with E-state index in [4.69, 9.17) is 5.73 Å². The molecule has 0 amide bonds. The van der Waals surface area contributed by atoms with Crippen molar-refractivity contribution >= 4 is 38.5 Å². The third-order valence-electron chi connectivity index (χ3n) is 1.45. The van der Waals surface area contributed by atoms with Crippen molar-refractivity contribution < 1.29 is 0 Å². The minimum Gasteiger partial charge on any atom is -0.324 e. The second-order valence-electron chi connectivity index (χ2n) is 2.45. The molecule has 0 fully saturated rings. The van der Waals surface area contributed by atoms with Gasteiger partial charge in [-0.2, -0.15) is 0 Å². The van der Waals surface area contributed by atoms with E-state index in [0.29, 0.717) is 0 Å². The van der Waals surface area contributed by atoms with E-state index in [2.05, 4.69) is 50.7 Å². The Hall–Kier alpha value is 0.390. The molecule has 1 nitrogen and oxygen atoms in total. The maximum absolute atomic E-state index is 5.76. The van der Waals surface area contributed by atoms with Crippen molar-refractivity contribution in [1.29, 1.82) is 0 Å². The molecule has 0 spiro atoms. The van der Waals surface area contributed by atoms with Crippen molar-refractivity contribution in [2.45, 2.75) is 13.0 Å². The van der Waals surface area contributed by atoms with E-state index in [1.54, 1.807) is 0 Å². The van der Waals surface area contributed by atoms with Gasteiger partial charge >= 0.3 is 0 Å². The Balaban J connectivity index is 3.13. The molecule has 0 aliphatic carbocycles. The zero-order valence-electron chi connectivity index (χ0n) is 6.14. The average molecular weight is 326 g/mol. The molecule has 0 aromatic heterocycles. The van der Waals surface area contributed by atoms with Gasteiger partial charge in [-0.05, 0) is 53.3 Å². The number of nitrogens with two attached hydrogens (primary N) is 1. The Morgan fingerprint density at radius 3 is 2.64 bits per heavy atom. The highest BCUT2D eigenvalue weighted by molar-refractivity contribution is 14.1. The summed E-state index contributed by atoms with van der Waals surface area (Å²) >= 11 is 5.70. The Labute approximate surface area is 88.6 Å². The Morgan fingerprint density at radius 2 is 2.18 bits per heavy atom. The minimum atomic E-state index is 0.111. The highest BCUT2D eigenvalue weighted by Gasteiger charge is 2.03. The van der Waals surface area contributed by atoms with E-state index in [1.165, 1.54) is 9.13 Å². The van der Waals surface area contributed by atoms with Crippen LogP contribution in [-0.4, -0.2) is 0 Å². The quantitative estimate of drug-likeness (QED) is 0.789. The lowest BCUT2D eigenvalue weighted by Crippen LogP contribution is -2.06. The Kier molecular flexibility index (Phi) is 3.33. The van der Waals surface area contributed by atoms with Crippen LogP contribution in [-0.2, 0) is 0 Å². The normalized spacial score (nSPS) is 13.1. The summed E-state index contributed by atoms with van der Waals surface area (Å²) in [6, 6.07) is 6.25. The van der Waals surface area contributed by atoms with Crippen LogP contribution in [0.1, 0.15) is 18.5 Å². The molecule has 60 valence electrons. The predicted octanol–water partition coefficient (Wildman–Crippen LogP) is 3.07. The smallest absolute Gasteiger partial charge is 0.0277 e. The molecule has 0 aliphatic rings. The number of benzene rings is 1. The van der Waals surface area contributed by atoms with Gasteiger partial charge in [-0.1, -0.05) is 15.9 Å². The summed E-state index contributed by atoms with van der Waals surface area (Å²) in [6.45, 7) is 1.99. The molecule has 1 aromatic carbocycles. The summed E-state index contributed by atoms with van der Waals surface area (Å²) in [5, 5.41) is 0. The van der Waals surface area contributed by atoms with Crippen molar-refractivity contribution in [3.05, 3.63) is 31.8 Å². The largest absolute Gasteiger partial charge is 0.324 e. The topological polar surface area (TPSA) is 26.0 Å². The molecule has 0 heterocycles. The number of halogens is 2. The maximum atomic E-state index is 5.76. The van der Waals surface area contributed by atoms with Gasteiger partial charge in [0.1, 0.15) is 0 Å². The van der Waals surface area contributed by atoms with E-state index < -0.39 is 0 Å². The third-order valence-corrected chi connectivity index (χ3v) is 2.92. The molecule has 3 heteroatoms. The van der Waals surface area contributed by atoms with Gasteiger partial charge in [0.05, 0.1) is 0 Å². The second kappa shape index (κ2) is 3.87. The van der Waals surface area contributed by atoms with E-state index in [-0.39, 0.29) is 6.04 Å². The van der Waals surface area contributed by atoms with E-state index >= 15 is 0 Å². The van der Waals surface area contributed by atoms with Crippen LogP contribution in [0.25, 0.3) is 0 Å². The molecule has 11 heavy (non-hydrogen) atoms. The van der Waals surface area contributed by atoms with Crippen LogP contribution >= 0.6 is 38.5 Å². The highest BCUT2D eigenvalue weighted by Crippen LogP contribution is 2.22. The average Bonchev–Trinajstić information content (AvgIpc) is 1.94. The molecule has 1 unspecified atom stereocenters. The first kappa shape index (κ1) is 9.48. The van der Waals surface area contributed by atoms with E-state index in [9.17, 15) is 0 Å². The summed E-state index contributed by atoms with van der Waals surface area (Å²) < 4.78 is 2.31. The van der Waals surface area contributed by atoms with Gasteiger partial charge in [0.2, 0.25) is 0 Å². The number of hydrogen-bond donors (Lipinski definition) is 1. The Bertz CT molecular complexity index is 260. The SMILES string of the molecule is CC(N)c1cc(Br)ccc1I. The molecule has 0 saturated heterocycles. The van der Waals surface area contributed by atoms with E-state index in [0.717, 1.165) is 4.47 Å².